The highest BCUT2D eigenvalue weighted by atomic mass is 15.2. The van der Waals surface area contributed by atoms with Crippen LogP contribution in [0.5, 0.6) is 0 Å². The van der Waals surface area contributed by atoms with Gasteiger partial charge in [0.15, 0.2) is 0 Å². The third-order valence-corrected chi connectivity index (χ3v) is 4.14. The van der Waals surface area contributed by atoms with Gasteiger partial charge in [-0.25, -0.2) is 4.98 Å². The van der Waals surface area contributed by atoms with Gasteiger partial charge < -0.3 is 4.90 Å². The first-order chi connectivity index (χ1) is 9.72. The molecule has 0 saturated carbocycles. The molecule has 3 rings (SSSR count). The summed E-state index contributed by atoms with van der Waals surface area (Å²) in [6.07, 6.45) is 5.54. The lowest BCUT2D eigenvalue weighted by Gasteiger charge is -2.33. The molecular formula is C16H22N4. The summed E-state index contributed by atoms with van der Waals surface area (Å²) in [4.78, 5) is 7.08. The Morgan fingerprint density at radius 1 is 1.35 bits per heavy atom. The van der Waals surface area contributed by atoms with Crippen molar-refractivity contribution in [1.82, 2.24) is 15.2 Å². The third-order valence-electron chi connectivity index (χ3n) is 4.14. The summed E-state index contributed by atoms with van der Waals surface area (Å²) >= 11 is 0. The molecule has 0 spiro atoms. The van der Waals surface area contributed by atoms with Crippen LogP contribution in [0.1, 0.15) is 29.8 Å². The van der Waals surface area contributed by atoms with Gasteiger partial charge in [0.1, 0.15) is 5.82 Å². The Bertz CT molecular complexity index is 575. The van der Waals surface area contributed by atoms with Gasteiger partial charge in [-0.3, -0.25) is 5.10 Å². The standard InChI is InChI=1S/C16H22N4/c1-12-10-17-19-15(12)9-14-6-4-8-20(11-14)16-7-3-5-13(2)18-16/h3,5,7,10,14H,4,6,8-9,11H2,1-2H3,(H,17,19)/t14-/m0/s1. The molecule has 1 saturated heterocycles. The highest BCUT2D eigenvalue weighted by Gasteiger charge is 2.22. The zero-order chi connectivity index (χ0) is 13.9. The van der Waals surface area contributed by atoms with Gasteiger partial charge >= 0.3 is 0 Å². The lowest BCUT2D eigenvalue weighted by atomic mass is 9.92. The molecule has 0 unspecified atom stereocenters. The summed E-state index contributed by atoms with van der Waals surface area (Å²) in [6, 6.07) is 6.27. The molecule has 0 amide bonds. The second kappa shape index (κ2) is 5.65. The number of nitrogens with one attached hydrogen (secondary N) is 1. The Morgan fingerprint density at radius 2 is 2.25 bits per heavy atom. The highest BCUT2D eigenvalue weighted by Crippen LogP contribution is 2.24. The van der Waals surface area contributed by atoms with E-state index in [1.165, 1.54) is 24.1 Å². The summed E-state index contributed by atoms with van der Waals surface area (Å²) in [5, 5.41) is 7.26. The van der Waals surface area contributed by atoms with Crippen molar-refractivity contribution in [2.45, 2.75) is 33.1 Å². The number of hydrogen-bond donors (Lipinski definition) is 1. The van der Waals surface area contributed by atoms with Gasteiger partial charge in [-0.15, -0.1) is 0 Å². The molecule has 1 atom stereocenters. The Morgan fingerprint density at radius 3 is 3.00 bits per heavy atom. The van der Waals surface area contributed by atoms with Crippen LogP contribution in [0.4, 0.5) is 5.82 Å². The molecule has 0 bridgehead atoms. The first kappa shape index (κ1) is 13.2. The van der Waals surface area contributed by atoms with E-state index in [-0.39, 0.29) is 0 Å². The lowest BCUT2D eigenvalue weighted by Crippen LogP contribution is -2.36. The van der Waals surface area contributed by atoms with Gasteiger partial charge in [0, 0.05) is 24.5 Å². The van der Waals surface area contributed by atoms with E-state index in [9.17, 15) is 0 Å². The summed E-state index contributed by atoms with van der Waals surface area (Å²) in [5.74, 6) is 1.81. The van der Waals surface area contributed by atoms with Gasteiger partial charge in [-0.1, -0.05) is 6.07 Å². The van der Waals surface area contributed by atoms with E-state index in [1.807, 2.05) is 6.20 Å². The zero-order valence-corrected chi connectivity index (χ0v) is 12.3. The zero-order valence-electron chi connectivity index (χ0n) is 12.3. The Labute approximate surface area is 120 Å². The predicted octanol–water partition coefficient (Wildman–Crippen LogP) is 2.88. The summed E-state index contributed by atoms with van der Waals surface area (Å²) < 4.78 is 0. The number of H-pyrrole nitrogens is 1. The third kappa shape index (κ3) is 2.84. The number of hydrogen-bond acceptors (Lipinski definition) is 3. The smallest absolute Gasteiger partial charge is 0.128 e. The van der Waals surface area contributed by atoms with Crippen molar-refractivity contribution in [2.24, 2.45) is 5.92 Å². The van der Waals surface area contributed by atoms with Crippen molar-refractivity contribution < 1.29 is 0 Å². The predicted molar refractivity (Wildman–Crippen MR) is 80.9 cm³/mol. The summed E-state index contributed by atoms with van der Waals surface area (Å²) in [6.45, 7) is 6.39. The van der Waals surface area contributed by atoms with E-state index in [2.05, 4.69) is 52.1 Å². The molecule has 1 aliphatic rings. The quantitative estimate of drug-likeness (QED) is 0.932. The number of pyridine rings is 1. The van der Waals surface area contributed by atoms with Crippen LogP contribution in [0, 0.1) is 19.8 Å². The number of aromatic amines is 1. The van der Waals surface area contributed by atoms with Gasteiger partial charge in [0.05, 0.1) is 6.20 Å². The van der Waals surface area contributed by atoms with Crippen LogP contribution in [0.2, 0.25) is 0 Å². The number of piperidine rings is 1. The maximum Gasteiger partial charge on any atom is 0.128 e. The molecule has 20 heavy (non-hydrogen) atoms. The SMILES string of the molecule is Cc1cccc(N2CCC[C@@H](Cc3[nH]ncc3C)C2)n1. The van der Waals surface area contributed by atoms with Crippen LogP contribution in [-0.4, -0.2) is 28.3 Å². The Balaban J connectivity index is 1.69. The molecule has 2 aromatic heterocycles. The number of aryl methyl sites for hydroxylation is 2. The van der Waals surface area contributed by atoms with Crippen LogP contribution in [0.25, 0.3) is 0 Å². The number of rotatable bonds is 3. The van der Waals surface area contributed by atoms with Crippen LogP contribution in [0.15, 0.2) is 24.4 Å². The van der Waals surface area contributed by atoms with E-state index in [0.717, 1.165) is 31.0 Å². The second-order valence-corrected chi connectivity index (χ2v) is 5.83. The van der Waals surface area contributed by atoms with E-state index in [1.54, 1.807) is 0 Å². The monoisotopic (exact) mass is 270 g/mol. The van der Waals surface area contributed by atoms with E-state index in [0.29, 0.717) is 5.92 Å². The topological polar surface area (TPSA) is 44.8 Å². The van der Waals surface area contributed by atoms with Crippen LogP contribution < -0.4 is 4.90 Å². The molecular weight excluding hydrogens is 248 g/mol. The largest absolute Gasteiger partial charge is 0.356 e. The molecule has 1 aliphatic heterocycles. The van der Waals surface area contributed by atoms with E-state index >= 15 is 0 Å². The van der Waals surface area contributed by atoms with Gasteiger partial charge in [-0.05, 0) is 56.7 Å². The lowest BCUT2D eigenvalue weighted by molar-refractivity contribution is 0.407. The van der Waals surface area contributed by atoms with E-state index < -0.39 is 0 Å². The van der Waals surface area contributed by atoms with Crippen molar-refractivity contribution in [3.63, 3.8) is 0 Å². The summed E-state index contributed by atoms with van der Waals surface area (Å²) in [5.41, 5.74) is 3.65. The van der Waals surface area contributed by atoms with Crippen LogP contribution >= 0.6 is 0 Å². The van der Waals surface area contributed by atoms with Crippen LogP contribution in [-0.2, 0) is 6.42 Å². The molecule has 106 valence electrons. The normalized spacial score (nSPS) is 19.3. The van der Waals surface area contributed by atoms with Gasteiger partial charge in [-0.2, -0.15) is 5.10 Å². The number of anilines is 1. The first-order valence-electron chi connectivity index (χ1n) is 7.40. The Kier molecular flexibility index (Phi) is 3.72. The number of nitrogens with zero attached hydrogens (tertiary/aromatic N) is 3. The number of aromatic nitrogens is 3. The molecule has 0 radical (unpaired) electrons. The summed E-state index contributed by atoms with van der Waals surface area (Å²) in [7, 11) is 0. The minimum atomic E-state index is 0.685. The fourth-order valence-electron chi connectivity index (χ4n) is 3.01. The average molecular weight is 270 g/mol. The van der Waals surface area contributed by atoms with Gasteiger partial charge in [0.25, 0.3) is 0 Å². The molecule has 2 aromatic rings. The average Bonchev–Trinajstić information content (AvgIpc) is 2.85. The first-order valence-corrected chi connectivity index (χ1v) is 7.40. The molecule has 1 fully saturated rings. The van der Waals surface area contributed by atoms with E-state index in [4.69, 9.17) is 0 Å². The van der Waals surface area contributed by atoms with Crippen LogP contribution in [0.3, 0.4) is 0 Å². The molecule has 4 heteroatoms. The highest BCUT2D eigenvalue weighted by molar-refractivity contribution is 5.39. The molecule has 4 nitrogen and oxygen atoms in total. The Hall–Kier alpha value is -1.84. The van der Waals surface area contributed by atoms with Crippen molar-refractivity contribution in [3.05, 3.63) is 41.3 Å². The minimum Gasteiger partial charge on any atom is -0.356 e. The van der Waals surface area contributed by atoms with Crippen molar-refractivity contribution in [2.75, 3.05) is 18.0 Å². The minimum absolute atomic E-state index is 0.685. The maximum absolute atomic E-state index is 4.65. The van der Waals surface area contributed by atoms with Gasteiger partial charge in [0.2, 0.25) is 0 Å². The van der Waals surface area contributed by atoms with Crippen molar-refractivity contribution in [1.29, 1.82) is 0 Å². The fourth-order valence-corrected chi connectivity index (χ4v) is 3.01. The molecule has 3 heterocycles. The fraction of sp³-hybridized carbons (Fsp3) is 0.500. The molecule has 0 aliphatic carbocycles. The molecule has 1 N–H and O–H groups in total. The van der Waals surface area contributed by atoms with Crippen molar-refractivity contribution in [3.8, 4) is 0 Å². The van der Waals surface area contributed by atoms with Crippen molar-refractivity contribution >= 4 is 5.82 Å². The second-order valence-electron chi connectivity index (χ2n) is 5.83. The molecule has 0 aromatic carbocycles. The maximum atomic E-state index is 4.65.